The summed E-state index contributed by atoms with van der Waals surface area (Å²) in [5.74, 6) is -0.739. The van der Waals surface area contributed by atoms with Gasteiger partial charge in [-0.1, -0.05) is 0 Å². The standard InChI is InChI=1S/C15H10N2O6/c1-22-15(19)9-4-2-8(3-5-9)14-16-10-6-11(17(20)21)12(18)7-13(10)23-14/h2-7,18H,1H3. The molecule has 0 aliphatic rings. The van der Waals surface area contributed by atoms with Crippen molar-refractivity contribution in [2.24, 2.45) is 0 Å². The van der Waals surface area contributed by atoms with Crippen molar-refractivity contribution in [3.05, 3.63) is 52.1 Å². The summed E-state index contributed by atoms with van der Waals surface area (Å²) < 4.78 is 10.1. The lowest BCUT2D eigenvalue weighted by molar-refractivity contribution is -0.385. The van der Waals surface area contributed by atoms with Gasteiger partial charge in [-0.2, -0.15) is 0 Å². The lowest BCUT2D eigenvalue weighted by Gasteiger charge is -1.99. The molecule has 0 radical (unpaired) electrons. The van der Waals surface area contributed by atoms with Crippen molar-refractivity contribution in [1.82, 2.24) is 4.98 Å². The molecule has 116 valence electrons. The Morgan fingerprint density at radius 1 is 1.30 bits per heavy atom. The summed E-state index contributed by atoms with van der Waals surface area (Å²) in [6.45, 7) is 0. The first kappa shape index (κ1) is 14.5. The maximum absolute atomic E-state index is 11.4. The minimum atomic E-state index is -0.700. The Kier molecular flexibility index (Phi) is 3.41. The van der Waals surface area contributed by atoms with E-state index in [9.17, 15) is 20.0 Å². The molecule has 23 heavy (non-hydrogen) atoms. The fourth-order valence-corrected chi connectivity index (χ4v) is 2.09. The van der Waals surface area contributed by atoms with Crippen LogP contribution in [0.15, 0.2) is 40.8 Å². The van der Waals surface area contributed by atoms with Crippen molar-refractivity contribution in [3.63, 3.8) is 0 Å². The van der Waals surface area contributed by atoms with Crippen molar-refractivity contribution in [2.75, 3.05) is 7.11 Å². The second-order valence-corrected chi connectivity index (χ2v) is 4.65. The zero-order valence-corrected chi connectivity index (χ0v) is 11.8. The Bertz CT molecular complexity index is 914. The van der Waals surface area contributed by atoms with E-state index in [4.69, 9.17) is 4.42 Å². The maximum atomic E-state index is 11.4. The first-order valence-corrected chi connectivity index (χ1v) is 6.46. The highest BCUT2D eigenvalue weighted by Gasteiger charge is 2.18. The Morgan fingerprint density at radius 2 is 2.00 bits per heavy atom. The first-order valence-electron chi connectivity index (χ1n) is 6.46. The van der Waals surface area contributed by atoms with E-state index < -0.39 is 22.3 Å². The number of phenolic OH excluding ortho intramolecular Hbond substituents is 1. The van der Waals surface area contributed by atoms with Crippen molar-refractivity contribution in [1.29, 1.82) is 0 Å². The summed E-state index contributed by atoms with van der Waals surface area (Å²) in [4.78, 5) is 25.7. The van der Waals surface area contributed by atoms with E-state index in [1.807, 2.05) is 0 Å². The molecule has 1 N–H and O–H groups in total. The molecule has 0 spiro atoms. The van der Waals surface area contributed by atoms with Crippen LogP contribution >= 0.6 is 0 Å². The molecule has 0 saturated carbocycles. The molecule has 1 heterocycles. The van der Waals surface area contributed by atoms with Gasteiger partial charge in [-0.05, 0) is 24.3 Å². The van der Waals surface area contributed by atoms with Gasteiger partial charge in [-0.15, -0.1) is 0 Å². The third-order valence-corrected chi connectivity index (χ3v) is 3.23. The van der Waals surface area contributed by atoms with E-state index in [0.717, 1.165) is 12.1 Å². The van der Waals surface area contributed by atoms with Gasteiger partial charge in [0.2, 0.25) is 5.89 Å². The second-order valence-electron chi connectivity index (χ2n) is 4.65. The van der Waals surface area contributed by atoms with Gasteiger partial charge in [0, 0.05) is 17.7 Å². The highest BCUT2D eigenvalue weighted by molar-refractivity contribution is 5.90. The lowest BCUT2D eigenvalue weighted by Crippen LogP contribution is -2.00. The Balaban J connectivity index is 2.03. The SMILES string of the molecule is COC(=O)c1ccc(-c2nc3cc([N+](=O)[O-])c(O)cc3o2)cc1. The monoisotopic (exact) mass is 314 g/mol. The molecule has 3 rings (SSSR count). The number of aromatic hydroxyl groups is 1. The molecule has 0 fully saturated rings. The molecular weight excluding hydrogens is 304 g/mol. The molecule has 0 amide bonds. The number of hydrogen-bond donors (Lipinski definition) is 1. The van der Waals surface area contributed by atoms with Crippen LogP contribution in [0, 0.1) is 10.1 Å². The number of aromatic nitrogens is 1. The van der Waals surface area contributed by atoms with Crippen LogP contribution in [0.3, 0.4) is 0 Å². The molecule has 0 bridgehead atoms. The molecule has 8 heteroatoms. The number of phenols is 1. The average Bonchev–Trinajstić information content (AvgIpc) is 2.96. The van der Waals surface area contributed by atoms with Crippen LogP contribution in [0.1, 0.15) is 10.4 Å². The normalized spacial score (nSPS) is 10.7. The fourth-order valence-electron chi connectivity index (χ4n) is 2.09. The van der Waals surface area contributed by atoms with E-state index in [-0.39, 0.29) is 17.0 Å². The van der Waals surface area contributed by atoms with E-state index in [1.54, 1.807) is 24.3 Å². The largest absolute Gasteiger partial charge is 0.502 e. The molecule has 0 atom stereocenters. The number of ether oxygens (including phenoxy) is 1. The van der Waals surface area contributed by atoms with Crippen molar-refractivity contribution >= 4 is 22.8 Å². The molecule has 2 aromatic carbocycles. The van der Waals surface area contributed by atoms with Crippen LogP contribution in [0.4, 0.5) is 5.69 Å². The van der Waals surface area contributed by atoms with Gasteiger partial charge in [0.25, 0.3) is 0 Å². The predicted molar refractivity (Wildman–Crippen MR) is 79.1 cm³/mol. The summed E-state index contributed by atoms with van der Waals surface area (Å²) in [6, 6.07) is 8.62. The van der Waals surface area contributed by atoms with E-state index in [1.165, 1.54) is 7.11 Å². The van der Waals surface area contributed by atoms with Crippen LogP contribution in [-0.4, -0.2) is 28.1 Å². The number of nitro benzene ring substituents is 1. The Morgan fingerprint density at radius 3 is 2.61 bits per heavy atom. The number of rotatable bonds is 3. The minimum Gasteiger partial charge on any atom is -0.502 e. The Labute approximate surface area is 129 Å². The molecule has 1 aromatic heterocycles. The molecule has 0 unspecified atom stereocenters. The van der Waals surface area contributed by atoms with Gasteiger partial charge < -0.3 is 14.3 Å². The summed E-state index contributed by atoms with van der Waals surface area (Å²) in [6.07, 6.45) is 0. The number of esters is 1. The number of nitrogens with zero attached hydrogens (tertiary/aromatic N) is 2. The van der Waals surface area contributed by atoms with Gasteiger partial charge in [-0.3, -0.25) is 10.1 Å². The molecule has 0 aliphatic heterocycles. The number of carbonyl (C=O) groups excluding carboxylic acids is 1. The van der Waals surface area contributed by atoms with E-state index in [0.29, 0.717) is 11.1 Å². The highest BCUT2D eigenvalue weighted by Crippen LogP contribution is 2.33. The van der Waals surface area contributed by atoms with Gasteiger partial charge >= 0.3 is 11.7 Å². The quantitative estimate of drug-likeness (QED) is 0.449. The van der Waals surface area contributed by atoms with Gasteiger partial charge in [0.05, 0.1) is 17.6 Å². The summed E-state index contributed by atoms with van der Waals surface area (Å²) >= 11 is 0. The van der Waals surface area contributed by atoms with Crippen molar-refractivity contribution < 1.29 is 24.0 Å². The smallest absolute Gasteiger partial charge is 0.337 e. The number of oxazole rings is 1. The first-order chi connectivity index (χ1) is 11.0. The Hall–Kier alpha value is -3.42. The van der Waals surface area contributed by atoms with Gasteiger partial charge in [-0.25, -0.2) is 9.78 Å². The number of carbonyl (C=O) groups is 1. The lowest BCUT2D eigenvalue weighted by atomic mass is 10.1. The fraction of sp³-hybridized carbons (Fsp3) is 0.0667. The number of fused-ring (bicyclic) bond motifs is 1. The minimum absolute atomic E-state index is 0.219. The molecular formula is C15H10N2O6. The summed E-state index contributed by atoms with van der Waals surface area (Å²) in [7, 11) is 1.29. The second kappa shape index (κ2) is 5.41. The van der Waals surface area contributed by atoms with Crippen LogP contribution in [0.25, 0.3) is 22.6 Å². The van der Waals surface area contributed by atoms with Gasteiger partial charge in [0.1, 0.15) is 5.52 Å². The van der Waals surface area contributed by atoms with Crippen molar-refractivity contribution in [2.45, 2.75) is 0 Å². The van der Waals surface area contributed by atoms with Crippen LogP contribution in [-0.2, 0) is 4.74 Å². The number of methoxy groups -OCH3 is 1. The average molecular weight is 314 g/mol. The predicted octanol–water partition coefficient (Wildman–Crippen LogP) is 2.90. The van der Waals surface area contributed by atoms with E-state index >= 15 is 0 Å². The summed E-state index contributed by atoms with van der Waals surface area (Å²) in [5.41, 5.74) is 0.983. The molecule has 0 aliphatic carbocycles. The third kappa shape index (κ3) is 2.57. The highest BCUT2D eigenvalue weighted by atomic mass is 16.6. The zero-order chi connectivity index (χ0) is 16.6. The molecule has 8 nitrogen and oxygen atoms in total. The number of benzene rings is 2. The third-order valence-electron chi connectivity index (χ3n) is 3.23. The summed E-state index contributed by atoms with van der Waals surface area (Å²) in [5, 5.41) is 20.4. The van der Waals surface area contributed by atoms with Gasteiger partial charge in [0.15, 0.2) is 11.3 Å². The van der Waals surface area contributed by atoms with Crippen LogP contribution in [0.2, 0.25) is 0 Å². The zero-order valence-electron chi connectivity index (χ0n) is 11.8. The number of nitro groups is 1. The van der Waals surface area contributed by atoms with Crippen LogP contribution in [0.5, 0.6) is 5.75 Å². The maximum Gasteiger partial charge on any atom is 0.337 e. The molecule has 0 saturated heterocycles. The van der Waals surface area contributed by atoms with Crippen LogP contribution < -0.4 is 0 Å². The van der Waals surface area contributed by atoms with E-state index in [2.05, 4.69) is 9.72 Å². The number of hydrogen-bond acceptors (Lipinski definition) is 7. The topological polar surface area (TPSA) is 116 Å². The molecule has 3 aromatic rings. The van der Waals surface area contributed by atoms with Crippen molar-refractivity contribution in [3.8, 4) is 17.2 Å².